The highest BCUT2D eigenvalue weighted by molar-refractivity contribution is 7.89. The Balaban J connectivity index is 3.08. The summed E-state index contributed by atoms with van der Waals surface area (Å²) in [5, 5.41) is 5.96. The second-order valence-corrected chi connectivity index (χ2v) is 6.82. The number of rotatable bonds is 10. The lowest BCUT2D eigenvalue weighted by Crippen LogP contribution is -2.34. The molecule has 0 saturated heterocycles. The summed E-state index contributed by atoms with van der Waals surface area (Å²) < 4.78 is 31.9. The van der Waals surface area contributed by atoms with Crippen LogP contribution in [-0.2, 0) is 14.8 Å². The molecule has 0 bridgehead atoms. The Morgan fingerprint density at radius 3 is 2.32 bits per heavy atom. The average molecular weight is 331 g/mol. The number of ether oxygens (including phenoxy) is 1. The molecule has 0 spiro atoms. The number of unbranched alkanes of at least 4 members (excludes halogenated alkanes) is 2. The van der Waals surface area contributed by atoms with Crippen LogP contribution in [0.2, 0.25) is 0 Å². The van der Waals surface area contributed by atoms with E-state index in [-0.39, 0.29) is 17.2 Å². The molecule has 1 aromatic rings. The van der Waals surface area contributed by atoms with Crippen LogP contribution in [0.25, 0.3) is 0 Å². The highest BCUT2D eigenvalue weighted by atomic mass is 32.2. The maximum atomic E-state index is 12.8. The molecule has 0 radical (unpaired) electrons. The maximum Gasteiger partial charge on any atom is 0.342 e. The molecule has 0 aromatic carbocycles. The van der Waals surface area contributed by atoms with Crippen LogP contribution in [0.4, 0.5) is 0 Å². The van der Waals surface area contributed by atoms with Crippen LogP contribution in [-0.4, -0.2) is 48.6 Å². The topological polar surface area (TPSA) is 92.4 Å². The van der Waals surface area contributed by atoms with Gasteiger partial charge in [0.1, 0.15) is 5.56 Å². The lowest BCUT2D eigenvalue weighted by atomic mass is 10.3. The molecule has 1 heterocycles. The van der Waals surface area contributed by atoms with Gasteiger partial charge in [0.15, 0.2) is 5.03 Å². The number of esters is 1. The fraction of sp³-hybridized carbons (Fsp3) is 0.714. The van der Waals surface area contributed by atoms with E-state index in [0.29, 0.717) is 13.1 Å². The van der Waals surface area contributed by atoms with Gasteiger partial charge in [-0.3, -0.25) is 5.10 Å². The zero-order valence-electron chi connectivity index (χ0n) is 13.5. The summed E-state index contributed by atoms with van der Waals surface area (Å²) in [6.07, 6.45) is 4.53. The first-order valence-electron chi connectivity index (χ1n) is 7.69. The van der Waals surface area contributed by atoms with E-state index in [1.54, 1.807) is 6.92 Å². The normalized spacial score (nSPS) is 11.8. The first-order chi connectivity index (χ1) is 10.5. The molecule has 0 unspecified atom stereocenters. The van der Waals surface area contributed by atoms with E-state index in [0.717, 1.165) is 25.7 Å². The number of carbonyl (C=O) groups is 1. The Morgan fingerprint density at radius 2 is 1.82 bits per heavy atom. The Morgan fingerprint density at radius 1 is 1.23 bits per heavy atom. The number of sulfonamides is 1. The summed E-state index contributed by atoms with van der Waals surface area (Å²) in [5.41, 5.74) is -0.0418. The van der Waals surface area contributed by atoms with Gasteiger partial charge in [0.2, 0.25) is 0 Å². The Hall–Kier alpha value is -1.41. The van der Waals surface area contributed by atoms with E-state index >= 15 is 0 Å². The zero-order valence-corrected chi connectivity index (χ0v) is 14.3. The second kappa shape index (κ2) is 8.89. The van der Waals surface area contributed by atoms with Gasteiger partial charge in [-0.2, -0.15) is 9.40 Å². The molecule has 8 heteroatoms. The van der Waals surface area contributed by atoms with Crippen molar-refractivity contribution < 1.29 is 17.9 Å². The van der Waals surface area contributed by atoms with Crippen molar-refractivity contribution in [3.63, 3.8) is 0 Å². The number of nitrogens with one attached hydrogen (secondary N) is 1. The lowest BCUT2D eigenvalue weighted by molar-refractivity contribution is 0.0521. The molecule has 0 atom stereocenters. The van der Waals surface area contributed by atoms with E-state index in [9.17, 15) is 13.2 Å². The van der Waals surface area contributed by atoms with E-state index in [1.165, 1.54) is 10.5 Å². The quantitative estimate of drug-likeness (QED) is 0.663. The standard InChI is InChI=1S/C14H25N3O4S/c1-4-7-9-17(10-8-5-2)22(19,20)13-12(11-15-16-13)14(18)21-6-3/h11H,4-10H2,1-3H3,(H,15,16). The molecule has 126 valence electrons. The minimum absolute atomic E-state index is 0.0418. The Kier molecular flexibility index (Phi) is 7.53. The van der Waals surface area contributed by atoms with E-state index in [1.807, 2.05) is 13.8 Å². The van der Waals surface area contributed by atoms with Crippen molar-refractivity contribution in [1.29, 1.82) is 0 Å². The zero-order chi connectivity index (χ0) is 16.6. The van der Waals surface area contributed by atoms with E-state index in [4.69, 9.17) is 4.74 Å². The summed E-state index contributed by atoms with van der Waals surface area (Å²) in [4.78, 5) is 11.9. The number of hydrogen-bond acceptors (Lipinski definition) is 5. The van der Waals surface area contributed by atoms with Crippen LogP contribution in [0.15, 0.2) is 11.2 Å². The third-order valence-electron chi connectivity index (χ3n) is 3.22. The van der Waals surface area contributed by atoms with Gasteiger partial charge in [0.05, 0.1) is 12.8 Å². The highest BCUT2D eigenvalue weighted by Gasteiger charge is 2.31. The number of nitrogens with zero attached hydrogens (tertiary/aromatic N) is 2. The molecular weight excluding hydrogens is 306 g/mol. The molecule has 0 aliphatic rings. The van der Waals surface area contributed by atoms with Gasteiger partial charge in [-0.15, -0.1) is 0 Å². The molecule has 1 rings (SSSR count). The minimum Gasteiger partial charge on any atom is -0.462 e. The Bertz CT molecular complexity index is 560. The molecule has 7 nitrogen and oxygen atoms in total. The third-order valence-corrected chi connectivity index (χ3v) is 5.09. The van der Waals surface area contributed by atoms with Crippen molar-refractivity contribution in [3.8, 4) is 0 Å². The van der Waals surface area contributed by atoms with Crippen LogP contribution >= 0.6 is 0 Å². The van der Waals surface area contributed by atoms with Gasteiger partial charge in [-0.25, -0.2) is 13.2 Å². The monoisotopic (exact) mass is 331 g/mol. The second-order valence-electron chi connectivity index (χ2n) is 4.94. The van der Waals surface area contributed by atoms with Gasteiger partial charge in [-0.1, -0.05) is 26.7 Å². The van der Waals surface area contributed by atoms with Gasteiger partial charge in [-0.05, 0) is 19.8 Å². The molecule has 0 fully saturated rings. The summed E-state index contributed by atoms with van der Waals surface area (Å²) >= 11 is 0. The van der Waals surface area contributed by atoms with Crippen molar-refractivity contribution in [1.82, 2.24) is 14.5 Å². The summed E-state index contributed by atoms with van der Waals surface area (Å²) in [5.74, 6) is -0.680. The van der Waals surface area contributed by atoms with Crippen LogP contribution < -0.4 is 0 Å². The summed E-state index contributed by atoms with van der Waals surface area (Å²) in [6.45, 7) is 6.72. The van der Waals surface area contributed by atoms with Gasteiger partial charge in [0, 0.05) is 13.1 Å². The van der Waals surface area contributed by atoms with Crippen molar-refractivity contribution in [3.05, 3.63) is 11.8 Å². The maximum absolute atomic E-state index is 12.8. The number of carbonyl (C=O) groups excluding carboxylic acids is 1. The SMILES string of the molecule is CCCCN(CCCC)S(=O)(=O)c1[nH]ncc1C(=O)OCC. The van der Waals surface area contributed by atoms with Crippen LogP contribution in [0.5, 0.6) is 0 Å². The fourth-order valence-corrected chi connectivity index (χ4v) is 3.55. The smallest absolute Gasteiger partial charge is 0.342 e. The third kappa shape index (κ3) is 4.54. The van der Waals surface area contributed by atoms with Crippen LogP contribution in [0, 0.1) is 0 Å². The molecule has 0 aliphatic heterocycles. The molecule has 0 amide bonds. The van der Waals surface area contributed by atoms with Crippen molar-refractivity contribution in [2.24, 2.45) is 0 Å². The molecular formula is C14H25N3O4S. The largest absolute Gasteiger partial charge is 0.462 e. The number of aromatic amines is 1. The van der Waals surface area contributed by atoms with Crippen LogP contribution in [0.1, 0.15) is 56.8 Å². The average Bonchev–Trinajstić information content (AvgIpc) is 2.97. The lowest BCUT2D eigenvalue weighted by Gasteiger charge is -2.21. The minimum atomic E-state index is -3.78. The first kappa shape index (κ1) is 18.6. The summed E-state index contributed by atoms with van der Waals surface area (Å²) in [7, 11) is -3.78. The summed E-state index contributed by atoms with van der Waals surface area (Å²) in [6, 6.07) is 0. The van der Waals surface area contributed by atoms with Crippen molar-refractivity contribution in [2.75, 3.05) is 19.7 Å². The Labute approximate surface area is 132 Å². The van der Waals surface area contributed by atoms with E-state index in [2.05, 4.69) is 10.2 Å². The predicted octanol–water partition coefficient (Wildman–Crippen LogP) is 2.18. The predicted molar refractivity (Wildman–Crippen MR) is 83.1 cm³/mol. The van der Waals surface area contributed by atoms with Gasteiger partial charge in [0.25, 0.3) is 10.0 Å². The molecule has 22 heavy (non-hydrogen) atoms. The molecule has 1 N–H and O–H groups in total. The van der Waals surface area contributed by atoms with Gasteiger partial charge < -0.3 is 4.74 Å². The first-order valence-corrected chi connectivity index (χ1v) is 9.13. The van der Waals surface area contributed by atoms with Crippen molar-refractivity contribution >= 4 is 16.0 Å². The molecule has 0 aliphatic carbocycles. The number of aromatic nitrogens is 2. The fourth-order valence-electron chi connectivity index (χ4n) is 1.98. The number of hydrogen-bond donors (Lipinski definition) is 1. The van der Waals surface area contributed by atoms with E-state index < -0.39 is 16.0 Å². The number of H-pyrrole nitrogens is 1. The highest BCUT2D eigenvalue weighted by Crippen LogP contribution is 2.19. The van der Waals surface area contributed by atoms with Gasteiger partial charge >= 0.3 is 5.97 Å². The van der Waals surface area contributed by atoms with Crippen LogP contribution in [0.3, 0.4) is 0 Å². The molecule has 0 saturated carbocycles. The molecule has 1 aromatic heterocycles. The van der Waals surface area contributed by atoms with Crippen molar-refractivity contribution in [2.45, 2.75) is 51.5 Å².